The molecule has 1 N–H and O–H groups in total. The molecule has 82 valence electrons. The van der Waals surface area contributed by atoms with Crippen LogP contribution in [0.25, 0.3) is 11.5 Å². The molecular formula is C11H11BrN4. The Balaban J connectivity index is 2.15. The normalized spacial score (nSPS) is 14.8. The summed E-state index contributed by atoms with van der Waals surface area (Å²) in [5.41, 5.74) is 2.13. The van der Waals surface area contributed by atoms with Gasteiger partial charge in [-0.1, -0.05) is 6.07 Å². The lowest BCUT2D eigenvalue weighted by molar-refractivity contribution is 0.517. The van der Waals surface area contributed by atoms with E-state index in [0.717, 1.165) is 35.8 Å². The lowest BCUT2D eigenvalue weighted by Gasteiger charge is -2.17. The van der Waals surface area contributed by atoms with Gasteiger partial charge in [0.15, 0.2) is 5.82 Å². The molecular weight excluding hydrogens is 268 g/mol. The van der Waals surface area contributed by atoms with E-state index in [1.165, 1.54) is 5.69 Å². The largest absolute Gasteiger partial charge is 0.323 e. The van der Waals surface area contributed by atoms with Gasteiger partial charge in [0.2, 0.25) is 0 Å². The standard InChI is InChI=1S/C11H11BrN4/c12-10-9-7-13-5-6-16(9)11(15-10)8-3-1-2-4-14-8/h1-4,13H,5-7H2. The Morgan fingerprint density at radius 2 is 2.31 bits per heavy atom. The van der Waals surface area contributed by atoms with E-state index in [1.807, 2.05) is 18.2 Å². The first-order chi connectivity index (χ1) is 7.86. The molecule has 1 aliphatic rings. The van der Waals surface area contributed by atoms with E-state index < -0.39 is 0 Å². The fourth-order valence-electron chi connectivity index (χ4n) is 1.95. The van der Waals surface area contributed by atoms with Gasteiger partial charge in [0, 0.05) is 25.8 Å². The molecule has 2 aromatic rings. The maximum atomic E-state index is 4.54. The summed E-state index contributed by atoms with van der Waals surface area (Å²) in [5.74, 6) is 0.948. The van der Waals surface area contributed by atoms with Crippen molar-refractivity contribution in [3.05, 3.63) is 34.7 Å². The highest BCUT2D eigenvalue weighted by atomic mass is 79.9. The van der Waals surface area contributed by atoms with Crippen molar-refractivity contribution < 1.29 is 0 Å². The fraction of sp³-hybridized carbons (Fsp3) is 0.273. The number of fused-ring (bicyclic) bond motifs is 1. The zero-order valence-electron chi connectivity index (χ0n) is 8.65. The van der Waals surface area contributed by atoms with Gasteiger partial charge in [0.1, 0.15) is 10.3 Å². The minimum atomic E-state index is 0.862. The van der Waals surface area contributed by atoms with Gasteiger partial charge in [0.05, 0.1) is 5.69 Å². The smallest absolute Gasteiger partial charge is 0.160 e. The third-order valence-electron chi connectivity index (χ3n) is 2.72. The summed E-state index contributed by atoms with van der Waals surface area (Å²) >= 11 is 3.50. The molecule has 0 saturated heterocycles. The van der Waals surface area contributed by atoms with Crippen LogP contribution in [0.2, 0.25) is 0 Å². The highest BCUT2D eigenvalue weighted by molar-refractivity contribution is 9.10. The average Bonchev–Trinajstić information content (AvgIpc) is 2.69. The Kier molecular flexibility index (Phi) is 2.49. The van der Waals surface area contributed by atoms with Crippen molar-refractivity contribution in [3.8, 4) is 11.5 Å². The lowest BCUT2D eigenvalue weighted by Crippen LogP contribution is -2.28. The molecule has 0 radical (unpaired) electrons. The van der Waals surface area contributed by atoms with Crippen LogP contribution < -0.4 is 5.32 Å². The molecule has 0 bridgehead atoms. The molecule has 0 amide bonds. The number of hydrogen-bond acceptors (Lipinski definition) is 3. The van der Waals surface area contributed by atoms with Crippen LogP contribution in [0.1, 0.15) is 5.69 Å². The van der Waals surface area contributed by atoms with Gasteiger partial charge in [-0.2, -0.15) is 0 Å². The van der Waals surface area contributed by atoms with E-state index in [2.05, 4.69) is 35.8 Å². The Morgan fingerprint density at radius 1 is 1.38 bits per heavy atom. The van der Waals surface area contributed by atoms with Crippen LogP contribution >= 0.6 is 15.9 Å². The summed E-state index contributed by atoms with van der Waals surface area (Å²) in [6.07, 6.45) is 1.80. The number of imidazole rings is 1. The van der Waals surface area contributed by atoms with Gasteiger partial charge in [-0.15, -0.1) is 0 Å². The first kappa shape index (κ1) is 9.99. The molecule has 16 heavy (non-hydrogen) atoms. The van der Waals surface area contributed by atoms with Gasteiger partial charge in [0.25, 0.3) is 0 Å². The predicted octanol–water partition coefficient (Wildman–Crippen LogP) is 1.81. The number of rotatable bonds is 1. The number of hydrogen-bond donors (Lipinski definition) is 1. The van der Waals surface area contributed by atoms with E-state index >= 15 is 0 Å². The second-order valence-electron chi connectivity index (χ2n) is 3.72. The number of nitrogens with zero attached hydrogens (tertiary/aromatic N) is 3. The first-order valence-electron chi connectivity index (χ1n) is 5.23. The Bertz CT molecular complexity index is 506. The Morgan fingerprint density at radius 3 is 3.12 bits per heavy atom. The van der Waals surface area contributed by atoms with Crippen LogP contribution in [0.5, 0.6) is 0 Å². The van der Waals surface area contributed by atoms with Crippen molar-refractivity contribution >= 4 is 15.9 Å². The highest BCUT2D eigenvalue weighted by Gasteiger charge is 2.19. The van der Waals surface area contributed by atoms with Crippen LogP contribution in [-0.4, -0.2) is 21.1 Å². The molecule has 3 heterocycles. The number of aromatic nitrogens is 3. The predicted molar refractivity (Wildman–Crippen MR) is 64.9 cm³/mol. The van der Waals surface area contributed by atoms with E-state index in [4.69, 9.17) is 0 Å². The lowest BCUT2D eigenvalue weighted by atomic mass is 10.3. The molecule has 0 aliphatic carbocycles. The van der Waals surface area contributed by atoms with Gasteiger partial charge >= 0.3 is 0 Å². The minimum absolute atomic E-state index is 0.862. The molecule has 0 spiro atoms. The van der Waals surface area contributed by atoms with Crippen molar-refractivity contribution in [1.29, 1.82) is 0 Å². The summed E-state index contributed by atoms with van der Waals surface area (Å²) in [4.78, 5) is 8.89. The molecule has 2 aromatic heterocycles. The van der Waals surface area contributed by atoms with Crippen molar-refractivity contribution in [1.82, 2.24) is 19.9 Å². The monoisotopic (exact) mass is 278 g/mol. The van der Waals surface area contributed by atoms with Crippen molar-refractivity contribution in [2.24, 2.45) is 0 Å². The SMILES string of the molecule is Brc1nc(-c2ccccn2)n2c1CNCC2. The average molecular weight is 279 g/mol. The van der Waals surface area contributed by atoms with Crippen molar-refractivity contribution in [2.45, 2.75) is 13.1 Å². The van der Waals surface area contributed by atoms with Gasteiger partial charge in [-0.3, -0.25) is 4.98 Å². The molecule has 0 saturated carbocycles. The molecule has 1 aliphatic heterocycles. The molecule has 0 fully saturated rings. The van der Waals surface area contributed by atoms with Crippen molar-refractivity contribution in [2.75, 3.05) is 6.54 Å². The second-order valence-corrected chi connectivity index (χ2v) is 4.47. The molecule has 0 aromatic carbocycles. The summed E-state index contributed by atoms with van der Waals surface area (Å²) in [5, 5.41) is 3.34. The highest BCUT2D eigenvalue weighted by Crippen LogP contribution is 2.25. The first-order valence-corrected chi connectivity index (χ1v) is 6.02. The van der Waals surface area contributed by atoms with E-state index in [1.54, 1.807) is 6.20 Å². The molecule has 0 unspecified atom stereocenters. The fourth-order valence-corrected chi connectivity index (χ4v) is 2.48. The third-order valence-corrected chi connectivity index (χ3v) is 3.36. The number of pyridine rings is 1. The Hall–Kier alpha value is -1.20. The zero-order valence-corrected chi connectivity index (χ0v) is 10.2. The van der Waals surface area contributed by atoms with Crippen molar-refractivity contribution in [3.63, 3.8) is 0 Å². The van der Waals surface area contributed by atoms with Gasteiger partial charge < -0.3 is 9.88 Å². The molecule has 4 nitrogen and oxygen atoms in total. The molecule has 0 atom stereocenters. The van der Waals surface area contributed by atoms with Crippen LogP contribution in [0, 0.1) is 0 Å². The minimum Gasteiger partial charge on any atom is -0.323 e. The van der Waals surface area contributed by atoms with Gasteiger partial charge in [-0.05, 0) is 28.1 Å². The summed E-state index contributed by atoms with van der Waals surface area (Å²) in [6, 6.07) is 5.89. The zero-order chi connectivity index (χ0) is 11.0. The van der Waals surface area contributed by atoms with E-state index in [9.17, 15) is 0 Å². The summed E-state index contributed by atoms with van der Waals surface area (Å²) in [7, 11) is 0. The maximum Gasteiger partial charge on any atom is 0.160 e. The summed E-state index contributed by atoms with van der Waals surface area (Å²) in [6.45, 7) is 2.79. The van der Waals surface area contributed by atoms with Crippen LogP contribution in [-0.2, 0) is 13.1 Å². The molecule has 3 rings (SSSR count). The summed E-state index contributed by atoms with van der Waals surface area (Å²) < 4.78 is 3.14. The number of halogens is 1. The topological polar surface area (TPSA) is 42.7 Å². The second kappa shape index (κ2) is 3.99. The number of nitrogens with one attached hydrogen (secondary N) is 1. The van der Waals surface area contributed by atoms with Crippen LogP contribution in [0.15, 0.2) is 29.0 Å². The quantitative estimate of drug-likeness (QED) is 0.865. The van der Waals surface area contributed by atoms with Gasteiger partial charge in [-0.25, -0.2) is 4.98 Å². The van der Waals surface area contributed by atoms with E-state index in [-0.39, 0.29) is 0 Å². The third kappa shape index (κ3) is 1.56. The maximum absolute atomic E-state index is 4.54. The van der Waals surface area contributed by atoms with Crippen LogP contribution in [0.3, 0.4) is 0 Å². The Labute approximate surface area is 102 Å². The van der Waals surface area contributed by atoms with E-state index in [0.29, 0.717) is 0 Å². The molecule has 5 heteroatoms. The van der Waals surface area contributed by atoms with Crippen LogP contribution in [0.4, 0.5) is 0 Å².